The van der Waals surface area contributed by atoms with Gasteiger partial charge in [-0.2, -0.15) is 14.0 Å². The van der Waals surface area contributed by atoms with E-state index in [9.17, 15) is 8.76 Å². The molecule has 1 aliphatic rings. The van der Waals surface area contributed by atoms with Gasteiger partial charge < -0.3 is 9.80 Å². The first-order valence-electron chi connectivity index (χ1n) is 11.0. The molecule has 0 amide bonds. The van der Waals surface area contributed by atoms with Crippen LogP contribution in [-0.4, -0.2) is 70.4 Å². The second kappa shape index (κ2) is 10.4. The molecule has 0 spiro atoms. The summed E-state index contributed by atoms with van der Waals surface area (Å²) in [5.74, 6) is 0. The van der Waals surface area contributed by atoms with Gasteiger partial charge in [0.15, 0.2) is 0 Å². The lowest BCUT2D eigenvalue weighted by molar-refractivity contribution is 0.153. The van der Waals surface area contributed by atoms with Crippen LogP contribution in [0.4, 0.5) is 5.69 Å². The minimum atomic E-state index is -3.70. The fourth-order valence-electron chi connectivity index (χ4n) is 4.28. The van der Waals surface area contributed by atoms with Crippen molar-refractivity contribution in [2.75, 3.05) is 50.6 Å². The molecular weight excluding hydrogens is 469 g/mol. The maximum Gasteiger partial charge on any atom is 0.351 e. The van der Waals surface area contributed by atoms with Gasteiger partial charge in [-0.05, 0) is 69.1 Å². The Bertz CT molecular complexity index is 981. The minimum absolute atomic E-state index is 0.0631. The second-order valence-corrected chi connectivity index (χ2v) is 11.1. The van der Waals surface area contributed by atoms with Crippen molar-refractivity contribution in [1.82, 2.24) is 19.6 Å². The molecule has 1 aromatic heterocycles. The van der Waals surface area contributed by atoms with Crippen molar-refractivity contribution in [1.29, 1.82) is 0 Å². The summed E-state index contributed by atoms with van der Waals surface area (Å²) < 4.78 is 28.1. The normalized spacial score (nSPS) is 17.5. The Morgan fingerprint density at radius 1 is 1.12 bits per heavy atom. The van der Waals surface area contributed by atoms with Crippen molar-refractivity contribution in [3.63, 3.8) is 0 Å². The maximum absolute atomic E-state index is 13.7. The molecule has 7 nitrogen and oxygen atoms in total. The van der Waals surface area contributed by atoms with Crippen LogP contribution in [0.5, 0.6) is 0 Å². The topological polar surface area (TPSA) is 64.8 Å². The molecule has 10 heteroatoms. The molecule has 0 saturated carbocycles. The van der Waals surface area contributed by atoms with E-state index in [1.165, 1.54) is 4.31 Å². The summed E-state index contributed by atoms with van der Waals surface area (Å²) in [6, 6.07) is 3.55. The molecule has 1 saturated heterocycles. The van der Waals surface area contributed by atoms with E-state index in [0.29, 0.717) is 17.9 Å². The van der Waals surface area contributed by atoms with Crippen molar-refractivity contribution in [2.24, 2.45) is 7.05 Å². The van der Waals surface area contributed by atoms with E-state index in [1.807, 2.05) is 27.8 Å². The molecule has 1 fully saturated rings. The lowest BCUT2D eigenvalue weighted by Gasteiger charge is -2.32. The van der Waals surface area contributed by atoms with Crippen LogP contribution in [0, 0.1) is 13.8 Å². The van der Waals surface area contributed by atoms with Crippen LogP contribution in [0.15, 0.2) is 17.0 Å². The summed E-state index contributed by atoms with van der Waals surface area (Å²) >= 11 is 13.1. The Balaban J connectivity index is 1.79. The van der Waals surface area contributed by atoms with E-state index in [2.05, 4.69) is 21.9 Å². The molecule has 2 aromatic rings. The summed E-state index contributed by atoms with van der Waals surface area (Å²) in [4.78, 5) is 4.87. The number of likely N-dealkylation sites (N-methyl/N-ethyl adjacent to an activating group) is 1. The van der Waals surface area contributed by atoms with Gasteiger partial charge in [0.25, 0.3) is 4.90 Å². The van der Waals surface area contributed by atoms with Gasteiger partial charge in [0.2, 0.25) is 0 Å². The van der Waals surface area contributed by atoms with Gasteiger partial charge in [0.05, 0.1) is 17.9 Å². The number of nitrogens with zero attached hydrogens (tertiary/aromatic N) is 5. The molecule has 0 aliphatic carbocycles. The van der Waals surface area contributed by atoms with E-state index >= 15 is 0 Å². The van der Waals surface area contributed by atoms with Crippen molar-refractivity contribution < 1.29 is 8.76 Å². The summed E-state index contributed by atoms with van der Waals surface area (Å²) in [6.07, 6.45) is 1.80. The van der Waals surface area contributed by atoms with Gasteiger partial charge in [-0.1, -0.05) is 23.2 Å². The zero-order chi connectivity index (χ0) is 23.6. The summed E-state index contributed by atoms with van der Waals surface area (Å²) in [5.41, 5.74) is 3.09. The predicted octanol–water partition coefficient (Wildman–Crippen LogP) is 4.30. The SMILES string of the molecule is CCN(c1c(C)nn(C)c1C)[S+](=O)(O)c1c(Cl)cc(CCCN2CCN(C)CC2)cc1Cl. The highest BCUT2D eigenvalue weighted by Crippen LogP contribution is 2.39. The second-order valence-electron chi connectivity index (χ2n) is 8.47. The molecular formula is C22H34Cl2N5O2S+. The molecule has 0 radical (unpaired) electrons. The average Bonchev–Trinajstić information content (AvgIpc) is 2.95. The van der Waals surface area contributed by atoms with Gasteiger partial charge in [-0.15, -0.1) is 0 Å². The zero-order valence-electron chi connectivity index (χ0n) is 19.6. The zero-order valence-corrected chi connectivity index (χ0v) is 21.9. The fourth-order valence-corrected chi connectivity index (χ4v) is 7.12. The van der Waals surface area contributed by atoms with E-state index in [4.69, 9.17) is 23.2 Å². The smallest absolute Gasteiger partial charge is 0.304 e. The Morgan fingerprint density at radius 3 is 2.22 bits per heavy atom. The van der Waals surface area contributed by atoms with Crippen LogP contribution in [0.1, 0.15) is 30.3 Å². The molecule has 178 valence electrons. The third-order valence-corrected chi connectivity index (χ3v) is 9.00. The highest BCUT2D eigenvalue weighted by molar-refractivity contribution is 7.99. The monoisotopic (exact) mass is 502 g/mol. The Labute approximate surface area is 202 Å². The predicted molar refractivity (Wildman–Crippen MR) is 133 cm³/mol. The van der Waals surface area contributed by atoms with E-state index in [1.54, 1.807) is 16.8 Å². The van der Waals surface area contributed by atoms with Gasteiger partial charge in [0.1, 0.15) is 15.7 Å². The van der Waals surface area contributed by atoms with E-state index < -0.39 is 10.4 Å². The maximum atomic E-state index is 13.7. The minimum Gasteiger partial charge on any atom is -0.304 e. The van der Waals surface area contributed by atoms with Crippen LogP contribution in [0.2, 0.25) is 10.0 Å². The van der Waals surface area contributed by atoms with Crippen LogP contribution in [0.3, 0.4) is 0 Å². The number of rotatable bonds is 8. The van der Waals surface area contributed by atoms with Crippen molar-refractivity contribution in [3.8, 4) is 0 Å². The Kier molecular flexibility index (Phi) is 8.28. The first kappa shape index (κ1) is 25.5. The summed E-state index contributed by atoms with van der Waals surface area (Å²) in [6.45, 7) is 11.2. The Hall–Kier alpha value is -1.16. The summed E-state index contributed by atoms with van der Waals surface area (Å²) in [5, 5.41) is 4.83. The molecule has 1 atom stereocenters. The fraction of sp³-hybridized carbons (Fsp3) is 0.591. The standard InChI is InChI=1S/C22H33Cl2N5O2S/c1-6-29(21-16(2)25-27(5)17(21)3)32(30,31)22-19(23)14-18(15-20(22)24)8-7-9-28-12-10-26(4)11-13-28/h14-15H,6-13H2,1-5H3/p+1. The van der Waals surface area contributed by atoms with Crippen LogP contribution >= 0.6 is 23.2 Å². The summed E-state index contributed by atoms with van der Waals surface area (Å²) in [7, 11) is 0.263. The molecule has 32 heavy (non-hydrogen) atoms. The lowest BCUT2D eigenvalue weighted by atomic mass is 10.1. The number of hydrogen-bond acceptors (Lipinski definition) is 4. The Morgan fingerprint density at radius 2 is 1.72 bits per heavy atom. The van der Waals surface area contributed by atoms with Crippen LogP contribution < -0.4 is 4.31 Å². The quantitative estimate of drug-likeness (QED) is 0.545. The number of benzene rings is 1. The molecule has 3 rings (SSSR count). The first-order valence-corrected chi connectivity index (χ1v) is 13.2. The molecule has 1 unspecified atom stereocenters. The number of halogens is 2. The molecule has 2 heterocycles. The average molecular weight is 504 g/mol. The van der Waals surface area contributed by atoms with Crippen LogP contribution in [-0.2, 0) is 28.1 Å². The highest BCUT2D eigenvalue weighted by atomic mass is 35.5. The van der Waals surface area contributed by atoms with Gasteiger partial charge in [-0.25, -0.2) is 0 Å². The number of hydrogen-bond donors (Lipinski definition) is 1. The molecule has 1 aliphatic heterocycles. The molecule has 0 bridgehead atoms. The van der Waals surface area contributed by atoms with Crippen molar-refractivity contribution >= 4 is 39.3 Å². The van der Waals surface area contributed by atoms with Crippen LogP contribution in [0.25, 0.3) is 0 Å². The number of anilines is 1. The highest BCUT2D eigenvalue weighted by Gasteiger charge is 2.44. The lowest BCUT2D eigenvalue weighted by Crippen LogP contribution is -2.44. The number of aryl methyl sites for hydroxylation is 3. The van der Waals surface area contributed by atoms with Gasteiger partial charge in [-0.3, -0.25) is 4.68 Å². The van der Waals surface area contributed by atoms with Crippen molar-refractivity contribution in [2.45, 2.75) is 38.5 Å². The first-order chi connectivity index (χ1) is 15.1. The third-order valence-electron chi connectivity index (χ3n) is 6.17. The van der Waals surface area contributed by atoms with Gasteiger partial charge >= 0.3 is 10.4 Å². The number of piperazine rings is 1. The van der Waals surface area contributed by atoms with Crippen molar-refractivity contribution in [3.05, 3.63) is 39.1 Å². The third kappa shape index (κ3) is 5.32. The van der Waals surface area contributed by atoms with E-state index in [0.717, 1.165) is 56.8 Å². The number of aromatic nitrogens is 2. The molecule has 1 aromatic carbocycles. The van der Waals surface area contributed by atoms with Gasteiger partial charge in [0, 0.05) is 33.2 Å². The molecule has 1 N–H and O–H groups in total. The largest absolute Gasteiger partial charge is 0.351 e. The van der Waals surface area contributed by atoms with E-state index in [-0.39, 0.29) is 14.9 Å².